The molecule has 1 aliphatic heterocycles. The highest BCUT2D eigenvalue weighted by atomic mass is 31.1. The first-order valence-corrected chi connectivity index (χ1v) is 16.0. The van der Waals surface area contributed by atoms with E-state index in [1.54, 1.807) is 0 Å². The molecular weight excluding hydrogens is 530 g/mol. The lowest BCUT2D eigenvalue weighted by Gasteiger charge is -2.32. The Hall–Kier alpha value is -3.75. The van der Waals surface area contributed by atoms with Crippen LogP contribution in [-0.4, -0.2) is 18.3 Å². The van der Waals surface area contributed by atoms with Gasteiger partial charge in [0.25, 0.3) is 0 Å². The Morgan fingerprint density at radius 1 is 0.452 bits per heavy atom. The lowest BCUT2D eigenvalue weighted by atomic mass is 9.71. The zero-order valence-corrected chi connectivity index (χ0v) is 25.4. The summed E-state index contributed by atoms with van der Waals surface area (Å²) in [4.78, 5) is 0. The molecule has 0 amide bonds. The van der Waals surface area contributed by atoms with Gasteiger partial charge in [0.15, 0.2) is 0 Å². The van der Waals surface area contributed by atoms with Crippen LogP contribution in [0.15, 0.2) is 133 Å². The van der Waals surface area contributed by atoms with E-state index in [2.05, 4.69) is 161 Å². The fourth-order valence-electron chi connectivity index (χ4n) is 6.07. The summed E-state index contributed by atoms with van der Waals surface area (Å²) >= 11 is 0. The van der Waals surface area contributed by atoms with Crippen LogP contribution in [0.2, 0.25) is 0 Å². The molecule has 206 valence electrons. The van der Waals surface area contributed by atoms with Gasteiger partial charge in [-0.05, 0) is 89.7 Å². The normalized spacial score (nSPS) is 16.0. The molecule has 0 radical (unpaired) electrons. The van der Waals surface area contributed by atoms with Gasteiger partial charge in [-0.2, -0.15) is 0 Å². The Kier molecular flexibility index (Phi) is 6.78. The summed E-state index contributed by atoms with van der Waals surface area (Å²) < 4.78 is 13.2. The maximum atomic E-state index is 6.62. The van der Waals surface area contributed by atoms with E-state index < -0.39 is 26.2 Å². The van der Waals surface area contributed by atoms with E-state index in [4.69, 9.17) is 9.31 Å². The maximum absolute atomic E-state index is 6.62. The monoisotopic (exact) mass is 564 g/mol. The lowest BCUT2D eigenvalue weighted by molar-refractivity contribution is 0.00578. The minimum absolute atomic E-state index is 0.412. The molecule has 0 unspecified atom stereocenters. The van der Waals surface area contributed by atoms with Gasteiger partial charge in [0, 0.05) is 0 Å². The predicted octanol–water partition coefficient (Wildman–Crippen LogP) is 7.72. The van der Waals surface area contributed by atoms with Crippen LogP contribution in [0.5, 0.6) is 0 Å². The molecule has 0 saturated carbocycles. The Bertz CT molecular complexity index is 1770. The van der Waals surface area contributed by atoms with Gasteiger partial charge >= 0.3 is 7.12 Å². The van der Waals surface area contributed by atoms with Gasteiger partial charge in [-0.3, -0.25) is 0 Å². The van der Waals surface area contributed by atoms with Crippen LogP contribution >= 0.6 is 7.92 Å². The summed E-state index contributed by atoms with van der Waals surface area (Å²) in [6.07, 6.45) is 0. The molecule has 0 N–H and O–H groups in total. The zero-order valence-electron chi connectivity index (χ0n) is 24.5. The quantitative estimate of drug-likeness (QED) is 0.121. The molecule has 4 heteroatoms. The van der Waals surface area contributed by atoms with Gasteiger partial charge in [0.1, 0.15) is 0 Å². The second-order valence-corrected chi connectivity index (χ2v) is 14.2. The van der Waals surface area contributed by atoms with Gasteiger partial charge < -0.3 is 9.31 Å². The van der Waals surface area contributed by atoms with Crippen LogP contribution < -0.4 is 21.4 Å². The molecule has 0 aromatic heterocycles. The van der Waals surface area contributed by atoms with Crippen LogP contribution in [0.1, 0.15) is 27.7 Å². The molecular formula is C38H34BO2P. The van der Waals surface area contributed by atoms with Gasteiger partial charge in [-0.15, -0.1) is 0 Å². The Labute approximate surface area is 250 Å². The molecule has 0 bridgehead atoms. The summed E-state index contributed by atoms with van der Waals surface area (Å²) in [6.45, 7) is 8.47. The van der Waals surface area contributed by atoms with E-state index in [-0.39, 0.29) is 0 Å². The molecule has 0 spiro atoms. The largest absolute Gasteiger partial charge is 0.496 e. The molecule has 2 nitrogen and oxygen atoms in total. The summed E-state index contributed by atoms with van der Waals surface area (Å²) in [5, 5.41) is 8.81. The molecule has 6 aromatic carbocycles. The number of fused-ring (bicyclic) bond motifs is 2. The van der Waals surface area contributed by atoms with Crippen LogP contribution in [0.25, 0.3) is 32.7 Å². The van der Waals surface area contributed by atoms with Gasteiger partial charge in [0.05, 0.1) is 11.2 Å². The van der Waals surface area contributed by atoms with Crippen molar-refractivity contribution in [2.24, 2.45) is 0 Å². The highest BCUT2D eigenvalue weighted by molar-refractivity contribution is 7.79. The van der Waals surface area contributed by atoms with Crippen LogP contribution in [-0.2, 0) is 9.31 Å². The van der Waals surface area contributed by atoms with Crippen LogP contribution in [0.4, 0.5) is 0 Å². The molecule has 7 rings (SSSR count). The smallest absolute Gasteiger partial charge is 0.399 e. The third-order valence-corrected chi connectivity index (χ3v) is 11.3. The third-order valence-electron chi connectivity index (χ3n) is 8.91. The number of hydrogen-bond acceptors (Lipinski definition) is 2. The predicted molar refractivity (Wildman–Crippen MR) is 181 cm³/mol. The minimum atomic E-state index is -0.659. The van der Waals surface area contributed by atoms with Gasteiger partial charge in [0.2, 0.25) is 0 Å². The SMILES string of the molecule is CC1(C)OB(c2c3ccccc3c(-c3ccc(P(c4ccccc4)c4ccccc4)cc3)c3ccccc23)OC1(C)C. The topological polar surface area (TPSA) is 18.5 Å². The molecule has 42 heavy (non-hydrogen) atoms. The van der Waals surface area contributed by atoms with Crippen LogP contribution in [0, 0.1) is 0 Å². The van der Waals surface area contributed by atoms with Crippen molar-refractivity contribution in [2.75, 3.05) is 0 Å². The first kappa shape index (κ1) is 27.1. The second kappa shape index (κ2) is 10.5. The first-order valence-electron chi connectivity index (χ1n) is 14.6. The third kappa shape index (κ3) is 4.57. The highest BCUT2D eigenvalue weighted by Gasteiger charge is 2.52. The van der Waals surface area contributed by atoms with Crippen molar-refractivity contribution in [1.82, 2.24) is 0 Å². The van der Waals surface area contributed by atoms with E-state index in [0.29, 0.717) is 0 Å². The lowest BCUT2D eigenvalue weighted by Crippen LogP contribution is -2.41. The number of rotatable bonds is 5. The first-order chi connectivity index (χ1) is 20.3. The Balaban J connectivity index is 1.40. The van der Waals surface area contributed by atoms with E-state index in [0.717, 1.165) is 5.46 Å². The standard InChI is InChI=1S/C38H34BO2P/c1-37(2)38(3,4)41-39(40-37)36-33-21-13-11-19-31(33)35(32-20-12-14-22-34(32)36)27-23-25-30(26-24-27)42(28-15-7-5-8-16-28)29-17-9-6-10-18-29/h5-26H,1-4H3. The van der Waals surface area contributed by atoms with Crippen molar-refractivity contribution in [3.05, 3.63) is 133 Å². The van der Waals surface area contributed by atoms with Crippen LogP contribution in [0.3, 0.4) is 0 Å². The van der Waals surface area contributed by atoms with Crippen molar-refractivity contribution in [2.45, 2.75) is 38.9 Å². The molecule has 1 fully saturated rings. The number of hydrogen-bond donors (Lipinski definition) is 0. The fourth-order valence-corrected chi connectivity index (χ4v) is 8.35. The van der Waals surface area contributed by atoms with E-state index in [1.165, 1.54) is 48.6 Å². The van der Waals surface area contributed by atoms with Crippen molar-refractivity contribution in [3.63, 3.8) is 0 Å². The summed E-state index contributed by atoms with van der Waals surface area (Å²) in [5.74, 6) is 0. The molecule has 0 aliphatic carbocycles. The maximum Gasteiger partial charge on any atom is 0.496 e. The summed E-state index contributed by atoms with van der Waals surface area (Å²) in [6, 6.07) is 48.4. The molecule has 1 saturated heterocycles. The van der Waals surface area contributed by atoms with E-state index >= 15 is 0 Å². The minimum Gasteiger partial charge on any atom is -0.399 e. The Morgan fingerprint density at radius 3 is 1.29 bits per heavy atom. The van der Waals surface area contributed by atoms with Crippen molar-refractivity contribution in [3.8, 4) is 11.1 Å². The molecule has 1 heterocycles. The average molecular weight is 564 g/mol. The fraction of sp³-hybridized carbons (Fsp3) is 0.158. The van der Waals surface area contributed by atoms with Crippen molar-refractivity contribution < 1.29 is 9.31 Å². The molecule has 6 aromatic rings. The average Bonchev–Trinajstić information content (AvgIpc) is 3.23. The second-order valence-electron chi connectivity index (χ2n) is 12.0. The van der Waals surface area contributed by atoms with Crippen molar-refractivity contribution in [1.29, 1.82) is 0 Å². The number of benzene rings is 6. The van der Waals surface area contributed by atoms with Crippen molar-refractivity contribution >= 4 is 58.0 Å². The highest BCUT2D eigenvalue weighted by Crippen LogP contribution is 2.41. The molecule has 0 atom stereocenters. The van der Waals surface area contributed by atoms with E-state index in [1.807, 2.05) is 0 Å². The van der Waals surface area contributed by atoms with E-state index in [9.17, 15) is 0 Å². The van der Waals surface area contributed by atoms with Gasteiger partial charge in [-0.1, -0.05) is 133 Å². The van der Waals surface area contributed by atoms with Gasteiger partial charge in [-0.25, -0.2) is 0 Å². The molecule has 1 aliphatic rings. The summed E-state index contributed by atoms with van der Waals surface area (Å²) in [5.41, 5.74) is 2.74. The summed E-state index contributed by atoms with van der Waals surface area (Å²) in [7, 11) is -1.10. The Morgan fingerprint density at radius 2 is 0.833 bits per heavy atom. The zero-order chi connectivity index (χ0) is 28.9.